The first-order valence-electron chi connectivity index (χ1n) is 4.95. The largest absolute Gasteiger partial charge is 0.380 e. The Balaban J connectivity index is 1.92. The van der Waals surface area contributed by atoms with Crippen molar-refractivity contribution in [3.63, 3.8) is 0 Å². The molecule has 1 N–H and O–H groups in total. The molecule has 0 radical (unpaired) electrons. The van der Waals surface area contributed by atoms with E-state index in [0.717, 1.165) is 25.2 Å². The maximum absolute atomic E-state index is 5.30. The Kier molecular flexibility index (Phi) is 3.06. The summed E-state index contributed by atoms with van der Waals surface area (Å²) in [6.45, 7) is 3.81. The van der Waals surface area contributed by atoms with E-state index in [1.165, 1.54) is 0 Å². The molecule has 1 saturated heterocycles. The van der Waals surface area contributed by atoms with Gasteiger partial charge < -0.3 is 10.1 Å². The summed E-state index contributed by atoms with van der Waals surface area (Å²) in [5.41, 5.74) is 1.12. The standard InChI is InChI=1S/C10H15N3O/c1-8(9-4-11-7-12-5-9)13-10-2-3-14-6-10/h4-5,7-8,10,13H,2-3,6H2,1H3. The third kappa shape index (κ3) is 2.27. The number of nitrogens with one attached hydrogen (secondary N) is 1. The number of aromatic nitrogens is 2. The molecule has 0 saturated carbocycles. The molecule has 14 heavy (non-hydrogen) atoms. The van der Waals surface area contributed by atoms with Crippen molar-refractivity contribution in [2.24, 2.45) is 0 Å². The molecule has 4 heteroatoms. The van der Waals surface area contributed by atoms with Gasteiger partial charge in [-0.2, -0.15) is 0 Å². The van der Waals surface area contributed by atoms with Crippen molar-refractivity contribution in [2.75, 3.05) is 13.2 Å². The van der Waals surface area contributed by atoms with E-state index < -0.39 is 0 Å². The van der Waals surface area contributed by atoms with E-state index in [4.69, 9.17) is 4.74 Å². The molecule has 1 aromatic rings. The van der Waals surface area contributed by atoms with Crippen LogP contribution >= 0.6 is 0 Å². The van der Waals surface area contributed by atoms with Crippen LogP contribution in [0.5, 0.6) is 0 Å². The lowest BCUT2D eigenvalue weighted by molar-refractivity contribution is 0.188. The Morgan fingerprint density at radius 3 is 2.93 bits per heavy atom. The molecule has 0 aliphatic carbocycles. The van der Waals surface area contributed by atoms with Crippen molar-refractivity contribution in [1.29, 1.82) is 0 Å². The van der Waals surface area contributed by atoms with Crippen LogP contribution in [-0.2, 0) is 4.74 Å². The maximum Gasteiger partial charge on any atom is 0.115 e. The van der Waals surface area contributed by atoms with Crippen molar-refractivity contribution in [3.8, 4) is 0 Å². The molecular formula is C10H15N3O. The first kappa shape index (κ1) is 9.55. The zero-order valence-electron chi connectivity index (χ0n) is 8.31. The van der Waals surface area contributed by atoms with Gasteiger partial charge in [-0.05, 0) is 13.3 Å². The van der Waals surface area contributed by atoms with Crippen LogP contribution in [0.3, 0.4) is 0 Å². The van der Waals surface area contributed by atoms with Crippen LogP contribution in [0, 0.1) is 0 Å². The number of hydrogen-bond donors (Lipinski definition) is 1. The minimum atomic E-state index is 0.294. The molecular weight excluding hydrogens is 178 g/mol. The quantitative estimate of drug-likeness (QED) is 0.775. The fourth-order valence-electron chi connectivity index (χ4n) is 1.65. The lowest BCUT2D eigenvalue weighted by Gasteiger charge is -2.17. The van der Waals surface area contributed by atoms with Gasteiger partial charge in [0, 0.05) is 36.6 Å². The summed E-state index contributed by atoms with van der Waals surface area (Å²) in [5.74, 6) is 0. The van der Waals surface area contributed by atoms with Gasteiger partial charge in [0.25, 0.3) is 0 Å². The predicted octanol–water partition coefficient (Wildman–Crippen LogP) is 0.916. The van der Waals surface area contributed by atoms with Crippen molar-refractivity contribution >= 4 is 0 Å². The fourth-order valence-corrected chi connectivity index (χ4v) is 1.65. The molecule has 2 heterocycles. The van der Waals surface area contributed by atoms with Crippen LogP contribution in [0.4, 0.5) is 0 Å². The van der Waals surface area contributed by atoms with Gasteiger partial charge in [0.15, 0.2) is 0 Å². The monoisotopic (exact) mass is 193 g/mol. The summed E-state index contributed by atoms with van der Waals surface area (Å²) in [6.07, 6.45) is 6.34. The summed E-state index contributed by atoms with van der Waals surface area (Å²) in [6, 6.07) is 0.771. The average molecular weight is 193 g/mol. The topological polar surface area (TPSA) is 47.0 Å². The van der Waals surface area contributed by atoms with Crippen molar-refractivity contribution in [3.05, 3.63) is 24.3 Å². The van der Waals surface area contributed by atoms with Crippen LogP contribution in [0.15, 0.2) is 18.7 Å². The Morgan fingerprint density at radius 1 is 1.50 bits per heavy atom. The second kappa shape index (κ2) is 4.48. The lowest BCUT2D eigenvalue weighted by atomic mass is 10.1. The first-order chi connectivity index (χ1) is 6.86. The van der Waals surface area contributed by atoms with E-state index in [2.05, 4.69) is 22.2 Å². The normalized spacial score (nSPS) is 23.6. The summed E-state index contributed by atoms with van der Waals surface area (Å²) in [7, 11) is 0. The molecule has 2 unspecified atom stereocenters. The second-order valence-electron chi connectivity index (χ2n) is 3.62. The van der Waals surface area contributed by atoms with Gasteiger partial charge in [-0.3, -0.25) is 0 Å². The van der Waals surface area contributed by atoms with Crippen molar-refractivity contribution in [2.45, 2.75) is 25.4 Å². The van der Waals surface area contributed by atoms with Crippen LogP contribution in [0.2, 0.25) is 0 Å². The molecule has 76 valence electrons. The van der Waals surface area contributed by atoms with E-state index in [-0.39, 0.29) is 0 Å². The van der Waals surface area contributed by atoms with Gasteiger partial charge in [0.05, 0.1) is 6.61 Å². The first-order valence-corrected chi connectivity index (χ1v) is 4.95. The zero-order chi connectivity index (χ0) is 9.80. The smallest absolute Gasteiger partial charge is 0.115 e. The lowest BCUT2D eigenvalue weighted by Crippen LogP contribution is -2.31. The highest BCUT2D eigenvalue weighted by atomic mass is 16.5. The predicted molar refractivity (Wildman–Crippen MR) is 52.8 cm³/mol. The van der Waals surface area contributed by atoms with Crippen LogP contribution in [-0.4, -0.2) is 29.2 Å². The molecule has 0 aromatic carbocycles. The molecule has 0 bridgehead atoms. The Hall–Kier alpha value is -1.00. The number of rotatable bonds is 3. The van der Waals surface area contributed by atoms with Crippen LogP contribution in [0.25, 0.3) is 0 Å². The van der Waals surface area contributed by atoms with Gasteiger partial charge in [-0.1, -0.05) is 0 Å². The van der Waals surface area contributed by atoms with Gasteiger partial charge in [0.1, 0.15) is 6.33 Å². The molecule has 4 nitrogen and oxygen atoms in total. The van der Waals surface area contributed by atoms with Crippen LogP contribution < -0.4 is 5.32 Å². The average Bonchev–Trinajstić information content (AvgIpc) is 2.72. The van der Waals surface area contributed by atoms with Gasteiger partial charge in [-0.25, -0.2) is 9.97 Å². The van der Waals surface area contributed by atoms with E-state index >= 15 is 0 Å². The summed E-state index contributed by atoms with van der Waals surface area (Å²) in [4.78, 5) is 8.00. The van der Waals surface area contributed by atoms with Gasteiger partial charge >= 0.3 is 0 Å². The highest BCUT2D eigenvalue weighted by molar-refractivity contribution is 5.08. The SMILES string of the molecule is CC(NC1CCOC1)c1cncnc1. The van der Waals surface area contributed by atoms with E-state index in [1.54, 1.807) is 6.33 Å². The Labute approximate surface area is 83.7 Å². The maximum atomic E-state index is 5.30. The molecule has 2 rings (SSSR count). The molecule has 1 aromatic heterocycles. The minimum Gasteiger partial charge on any atom is -0.380 e. The molecule has 2 atom stereocenters. The zero-order valence-corrected chi connectivity index (χ0v) is 8.31. The summed E-state index contributed by atoms with van der Waals surface area (Å²) < 4.78 is 5.30. The van der Waals surface area contributed by atoms with E-state index in [1.807, 2.05) is 12.4 Å². The third-order valence-electron chi connectivity index (χ3n) is 2.50. The van der Waals surface area contributed by atoms with E-state index in [9.17, 15) is 0 Å². The molecule has 1 aliphatic rings. The van der Waals surface area contributed by atoms with Crippen molar-refractivity contribution < 1.29 is 4.74 Å². The third-order valence-corrected chi connectivity index (χ3v) is 2.50. The van der Waals surface area contributed by atoms with Gasteiger partial charge in [-0.15, -0.1) is 0 Å². The minimum absolute atomic E-state index is 0.294. The Bertz CT molecular complexity index is 272. The highest BCUT2D eigenvalue weighted by Crippen LogP contribution is 2.13. The number of hydrogen-bond acceptors (Lipinski definition) is 4. The van der Waals surface area contributed by atoms with Crippen LogP contribution in [0.1, 0.15) is 24.9 Å². The highest BCUT2D eigenvalue weighted by Gasteiger charge is 2.18. The molecule has 0 spiro atoms. The second-order valence-corrected chi connectivity index (χ2v) is 3.62. The molecule has 1 fully saturated rings. The summed E-state index contributed by atoms with van der Waals surface area (Å²) >= 11 is 0. The molecule has 1 aliphatic heterocycles. The van der Waals surface area contributed by atoms with Gasteiger partial charge in [0.2, 0.25) is 0 Å². The summed E-state index contributed by atoms with van der Waals surface area (Å²) in [5, 5.41) is 3.49. The molecule has 0 amide bonds. The number of nitrogens with zero attached hydrogens (tertiary/aromatic N) is 2. The van der Waals surface area contributed by atoms with E-state index in [0.29, 0.717) is 12.1 Å². The fraction of sp³-hybridized carbons (Fsp3) is 0.600. The number of ether oxygens (including phenoxy) is 1. The van der Waals surface area contributed by atoms with Crippen molar-refractivity contribution in [1.82, 2.24) is 15.3 Å². The Morgan fingerprint density at radius 2 is 2.29 bits per heavy atom.